The van der Waals surface area contributed by atoms with Gasteiger partial charge in [0.15, 0.2) is 0 Å². The monoisotopic (exact) mass is 274 g/mol. The first-order chi connectivity index (χ1) is 8.41. The van der Waals surface area contributed by atoms with E-state index in [1.165, 1.54) is 16.9 Å². The highest BCUT2D eigenvalue weighted by molar-refractivity contribution is 6.17. The van der Waals surface area contributed by atoms with Crippen molar-refractivity contribution in [2.45, 2.75) is 19.0 Å². The summed E-state index contributed by atoms with van der Waals surface area (Å²) in [5.74, 6) is 0.0431. The van der Waals surface area contributed by atoms with E-state index in [4.69, 9.17) is 11.6 Å². The predicted octanol–water partition coefficient (Wildman–Crippen LogP) is 3.94. The normalized spacial score (nSPS) is 11.8. The van der Waals surface area contributed by atoms with Crippen LogP contribution in [0, 0.1) is 6.92 Å². The van der Waals surface area contributed by atoms with Crippen molar-refractivity contribution in [2.75, 3.05) is 0 Å². The maximum Gasteiger partial charge on any atom is 0.418 e. The van der Waals surface area contributed by atoms with E-state index in [9.17, 15) is 13.2 Å². The summed E-state index contributed by atoms with van der Waals surface area (Å²) in [6.07, 6.45) is -2.93. The summed E-state index contributed by atoms with van der Waals surface area (Å²) < 4.78 is 40.1. The van der Waals surface area contributed by atoms with Gasteiger partial charge in [0.05, 0.1) is 16.9 Å². The second-order valence-corrected chi connectivity index (χ2v) is 4.15. The first kappa shape index (κ1) is 13.0. The fraction of sp³-hybridized carbons (Fsp3) is 0.250. The molecule has 0 aliphatic carbocycles. The number of alkyl halides is 4. The third-order valence-corrected chi connectivity index (χ3v) is 2.80. The van der Waals surface area contributed by atoms with Gasteiger partial charge in [-0.05, 0) is 30.7 Å². The molecule has 2 rings (SSSR count). The second-order valence-electron chi connectivity index (χ2n) is 3.88. The number of nitrogens with zero attached hydrogens (tertiary/aromatic N) is 2. The fourth-order valence-corrected chi connectivity index (χ4v) is 1.81. The minimum Gasteiger partial charge on any atom is -0.240 e. The van der Waals surface area contributed by atoms with E-state index >= 15 is 0 Å². The van der Waals surface area contributed by atoms with Gasteiger partial charge in [-0.2, -0.15) is 18.3 Å². The smallest absolute Gasteiger partial charge is 0.240 e. The Morgan fingerprint density at radius 2 is 2.00 bits per heavy atom. The van der Waals surface area contributed by atoms with E-state index in [1.807, 2.05) is 0 Å². The standard InChI is InChI=1S/C12H10ClF3N2/c1-8-4-5-18(17-8)11-3-2-9(7-13)6-10(11)12(14,15)16/h2-6H,7H2,1H3. The highest BCUT2D eigenvalue weighted by Gasteiger charge is 2.34. The average molecular weight is 275 g/mol. The van der Waals surface area contributed by atoms with Crippen LogP contribution < -0.4 is 0 Å². The number of aromatic nitrogens is 2. The Labute approximate surface area is 107 Å². The lowest BCUT2D eigenvalue weighted by atomic mass is 10.1. The zero-order valence-electron chi connectivity index (χ0n) is 9.50. The molecule has 96 valence electrons. The highest BCUT2D eigenvalue weighted by Crippen LogP contribution is 2.34. The molecule has 0 fully saturated rings. The van der Waals surface area contributed by atoms with Gasteiger partial charge in [0, 0.05) is 12.1 Å². The maximum absolute atomic E-state index is 13.0. The first-order valence-corrected chi connectivity index (χ1v) is 5.74. The van der Waals surface area contributed by atoms with Crippen LogP contribution in [0.5, 0.6) is 0 Å². The van der Waals surface area contributed by atoms with Gasteiger partial charge in [0.2, 0.25) is 0 Å². The molecule has 0 saturated heterocycles. The van der Waals surface area contributed by atoms with E-state index in [2.05, 4.69) is 5.10 Å². The van der Waals surface area contributed by atoms with Crippen molar-refractivity contribution in [3.8, 4) is 5.69 Å². The maximum atomic E-state index is 13.0. The van der Waals surface area contributed by atoms with Gasteiger partial charge in [-0.15, -0.1) is 11.6 Å². The third-order valence-electron chi connectivity index (χ3n) is 2.49. The van der Waals surface area contributed by atoms with Crippen LogP contribution in [0.25, 0.3) is 5.69 Å². The van der Waals surface area contributed by atoms with Crippen LogP contribution in [-0.2, 0) is 12.1 Å². The summed E-state index contributed by atoms with van der Waals surface area (Å²) in [4.78, 5) is 0. The molecule has 0 aliphatic heterocycles. The molecule has 6 heteroatoms. The van der Waals surface area contributed by atoms with Crippen LogP contribution in [0.4, 0.5) is 13.2 Å². The largest absolute Gasteiger partial charge is 0.418 e. The summed E-state index contributed by atoms with van der Waals surface area (Å²) >= 11 is 5.56. The molecular weight excluding hydrogens is 265 g/mol. The molecule has 0 unspecified atom stereocenters. The minimum atomic E-state index is -4.43. The molecule has 0 aliphatic rings. The van der Waals surface area contributed by atoms with Gasteiger partial charge in [-0.25, -0.2) is 4.68 Å². The molecule has 1 aromatic carbocycles. The van der Waals surface area contributed by atoms with Gasteiger partial charge in [-0.3, -0.25) is 0 Å². The molecule has 0 saturated carbocycles. The quantitative estimate of drug-likeness (QED) is 0.759. The average Bonchev–Trinajstić information content (AvgIpc) is 2.74. The topological polar surface area (TPSA) is 17.8 Å². The van der Waals surface area contributed by atoms with Crippen LogP contribution in [0.1, 0.15) is 16.8 Å². The zero-order valence-corrected chi connectivity index (χ0v) is 10.3. The molecule has 0 amide bonds. The third kappa shape index (κ3) is 2.51. The number of halogens is 4. The van der Waals surface area contributed by atoms with Crippen LogP contribution in [0.15, 0.2) is 30.5 Å². The zero-order chi connectivity index (χ0) is 13.3. The van der Waals surface area contributed by atoms with Crippen molar-refractivity contribution < 1.29 is 13.2 Å². The van der Waals surface area contributed by atoms with E-state index in [0.29, 0.717) is 11.3 Å². The Bertz CT molecular complexity index is 561. The van der Waals surface area contributed by atoms with E-state index in [1.54, 1.807) is 19.1 Å². The van der Waals surface area contributed by atoms with E-state index < -0.39 is 11.7 Å². The summed E-state index contributed by atoms with van der Waals surface area (Å²) in [7, 11) is 0. The summed E-state index contributed by atoms with van der Waals surface area (Å²) in [5.41, 5.74) is 0.356. The van der Waals surface area contributed by atoms with Gasteiger partial charge in [0.25, 0.3) is 0 Å². The van der Waals surface area contributed by atoms with Gasteiger partial charge < -0.3 is 0 Å². The summed E-state index contributed by atoms with van der Waals surface area (Å²) in [6, 6.07) is 5.65. The summed E-state index contributed by atoms with van der Waals surface area (Å²) in [6.45, 7) is 1.72. The van der Waals surface area contributed by atoms with Gasteiger partial charge in [-0.1, -0.05) is 6.07 Å². The molecule has 0 radical (unpaired) electrons. The van der Waals surface area contributed by atoms with Gasteiger partial charge in [0.1, 0.15) is 0 Å². The minimum absolute atomic E-state index is 0.00414. The number of hydrogen-bond donors (Lipinski definition) is 0. The molecule has 0 bridgehead atoms. The van der Waals surface area contributed by atoms with Crippen molar-refractivity contribution in [2.24, 2.45) is 0 Å². The Hall–Kier alpha value is -1.49. The molecule has 0 spiro atoms. The van der Waals surface area contributed by atoms with E-state index in [0.717, 1.165) is 6.07 Å². The first-order valence-electron chi connectivity index (χ1n) is 5.20. The lowest BCUT2D eigenvalue weighted by Crippen LogP contribution is -2.11. The van der Waals surface area contributed by atoms with Crippen LogP contribution in [-0.4, -0.2) is 9.78 Å². The van der Waals surface area contributed by atoms with E-state index in [-0.39, 0.29) is 11.6 Å². The van der Waals surface area contributed by atoms with Crippen molar-refractivity contribution >= 4 is 11.6 Å². The SMILES string of the molecule is Cc1ccn(-c2ccc(CCl)cc2C(F)(F)F)n1. The summed E-state index contributed by atoms with van der Waals surface area (Å²) in [5, 5.41) is 3.99. The molecule has 18 heavy (non-hydrogen) atoms. The molecule has 2 nitrogen and oxygen atoms in total. The van der Waals surface area contributed by atoms with Gasteiger partial charge >= 0.3 is 6.18 Å². The molecular formula is C12H10ClF3N2. The number of benzene rings is 1. The van der Waals surface area contributed by atoms with Crippen LogP contribution >= 0.6 is 11.6 Å². The lowest BCUT2D eigenvalue weighted by Gasteiger charge is -2.13. The Morgan fingerprint density at radius 1 is 1.28 bits per heavy atom. The fourth-order valence-electron chi connectivity index (χ4n) is 1.64. The molecule has 1 aromatic heterocycles. The number of aryl methyl sites for hydroxylation is 1. The van der Waals surface area contributed by atoms with Crippen molar-refractivity contribution in [3.63, 3.8) is 0 Å². The lowest BCUT2D eigenvalue weighted by molar-refractivity contribution is -0.137. The van der Waals surface area contributed by atoms with Crippen molar-refractivity contribution in [3.05, 3.63) is 47.3 Å². The highest BCUT2D eigenvalue weighted by atomic mass is 35.5. The van der Waals surface area contributed by atoms with Crippen molar-refractivity contribution in [1.29, 1.82) is 0 Å². The Balaban J connectivity index is 2.60. The number of rotatable bonds is 2. The molecule has 1 heterocycles. The molecule has 0 N–H and O–H groups in total. The molecule has 0 atom stereocenters. The number of hydrogen-bond acceptors (Lipinski definition) is 1. The van der Waals surface area contributed by atoms with Crippen LogP contribution in [0.3, 0.4) is 0 Å². The second kappa shape index (κ2) is 4.65. The van der Waals surface area contributed by atoms with Crippen LogP contribution in [0.2, 0.25) is 0 Å². The predicted molar refractivity (Wildman–Crippen MR) is 62.9 cm³/mol. The molecule has 2 aromatic rings. The Morgan fingerprint density at radius 3 is 2.50 bits per heavy atom. The van der Waals surface area contributed by atoms with Crippen molar-refractivity contribution in [1.82, 2.24) is 9.78 Å². The Kier molecular flexibility index (Phi) is 3.34.